The van der Waals surface area contributed by atoms with Gasteiger partial charge in [-0.15, -0.1) is 0 Å². The Kier molecular flexibility index (Phi) is 3.26. The lowest BCUT2D eigenvalue weighted by Gasteiger charge is -2.06. The number of nitrogens with one attached hydrogen (secondary N) is 2. The Bertz CT molecular complexity index is 629. The van der Waals surface area contributed by atoms with Gasteiger partial charge in [0.2, 0.25) is 0 Å². The van der Waals surface area contributed by atoms with E-state index in [9.17, 15) is 18.0 Å². The number of carbonyl (C=O) groups is 1. The van der Waals surface area contributed by atoms with Crippen LogP contribution in [0, 0.1) is 13.8 Å². The Balaban J connectivity index is 2.26. The Morgan fingerprint density at radius 1 is 1.26 bits per heavy atom. The maximum atomic E-state index is 12.0. The van der Waals surface area contributed by atoms with E-state index in [1.807, 2.05) is 31.3 Å². The third kappa shape index (κ3) is 3.07. The molecule has 0 saturated heterocycles. The summed E-state index contributed by atoms with van der Waals surface area (Å²) in [7, 11) is 0. The van der Waals surface area contributed by atoms with E-state index in [2.05, 4.69) is 4.98 Å². The molecule has 102 valence electrons. The Morgan fingerprint density at radius 2 is 1.95 bits per heavy atom. The van der Waals surface area contributed by atoms with Crippen LogP contribution in [-0.2, 0) is 0 Å². The summed E-state index contributed by atoms with van der Waals surface area (Å²) in [5, 5.41) is 2.67. The average molecular weight is 270 g/mol. The minimum absolute atomic E-state index is 0.132. The zero-order valence-electron chi connectivity index (χ0n) is 10.5. The number of alkyl halides is 3. The molecule has 3 nitrogen and oxygen atoms in total. The highest BCUT2D eigenvalue weighted by Crippen LogP contribution is 2.21. The first-order valence-electron chi connectivity index (χ1n) is 5.71. The van der Waals surface area contributed by atoms with E-state index in [4.69, 9.17) is 0 Å². The van der Waals surface area contributed by atoms with Crippen LogP contribution in [0.4, 0.5) is 13.2 Å². The molecule has 0 radical (unpaired) electrons. The van der Waals surface area contributed by atoms with Gasteiger partial charge >= 0.3 is 6.18 Å². The van der Waals surface area contributed by atoms with Crippen molar-refractivity contribution in [3.63, 3.8) is 0 Å². The molecule has 1 amide bonds. The molecule has 2 rings (SSSR count). The number of aromatic nitrogens is 1. The van der Waals surface area contributed by atoms with Gasteiger partial charge in [-0.2, -0.15) is 13.2 Å². The van der Waals surface area contributed by atoms with Gasteiger partial charge < -0.3 is 10.3 Å². The summed E-state index contributed by atoms with van der Waals surface area (Å²) in [6, 6.07) is 5.37. The molecule has 0 unspecified atom stereocenters. The summed E-state index contributed by atoms with van der Waals surface area (Å²) in [5.74, 6) is -0.759. The van der Waals surface area contributed by atoms with Crippen molar-refractivity contribution >= 4 is 16.8 Å². The van der Waals surface area contributed by atoms with Gasteiger partial charge in [-0.3, -0.25) is 4.79 Å². The fraction of sp³-hybridized carbons (Fsp3) is 0.308. The Hall–Kier alpha value is -1.98. The van der Waals surface area contributed by atoms with Crippen LogP contribution in [-0.4, -0.2) is 23.6 Å². The van der Waals surface area contributed by atoms with Gasteiger partial charge in [-0.25, -0.2) is 0 Å². The number of aromatic amines is 1. The zero-order chi connectivity index (χ0) is 14.2. The Labute approximate surface area is 107 Å². The van der Waals surface area contributed by atoms with Crippen molar-refractivity contribution < 1.29 is 18.0 Å². The number of rotatable bonds is 2. The quantitative estimate of drug-likeness (QED) is 0.865. The molecule has 1 aromatic heterocycles. The number of aryl methyl sites for hydroxylation is 2. The number of carbonyl (C=O) groups excluding carboxylic acids is 1. The van der Waals surface area contributed by atoms with Crippen molar-refractivity contribution in [2.45, 2.75) is 20.0 Å². The minimum atomic E-state index is -4.41. The molecule has 0 spiro atoms. The van der Waals surface area contributed by atoms with Crippen molar-refractivity contribution in [2.75, 3.05) is 6.54 Å². The van der Waals surface area contributed by atoms with Crippen LogP contribution in [0.2, 0.25) is 0 Å². The summed E-state index contributed by atoms with van der Waals surface area (Å²) < 4.78 is 36.1. The van der Waals surface area contributed by atoms with E-state index in [0.29, 0.717) is 0 Å². The molecule has 2 N–H and O–H groups in total. The largest absolute Gasteiger partial charge is 0.405 e. The summed E-state index contributed by atoms with van der Waals surface area (Å²) in [6.45, 7) is 2.47. The predicted molar refractivity (Wildman–Crippen MR) is 66.2 cm³/mol. The molecule has 0 aliphatic carbocycles. The van der Waals surface area contributed by atoms with Crippen molar-refractivity contribution in [3.05, 3.63) is 35.0 Å². The highest BCUT2D eigenvalue weighted by atomic mass is 19.4. The molecule has 0 fully saturated rings. The molecule has 0 aliphatic rings. The van der Waals surface area contributed by atoms with Gasteiger partial charge in [0.15, 0.2) is 0 Å². The molecule has 1 aromatic carbocycles. The molecule has 0 saturated carbocycles. The number of fused-ring (bicyclic) bond motifs is 1. The van der Waals surface area contributed by atoms with Crippen LogP contribution < -0.4 is 5.32 Å². The van der Waals surface area contributed by atoms with Crippen LogP contribution in [0.3, 0.4) is 0 Å². The average Bonchev–Trinajstić information content (AvgIpc) is 2.68. The maximum Gasteiger partial charge on any atom is 0.405 e. The molecule has 6 heteroatoms. The van der Waals surface area contributed by atoms with Crippen LogP contribution in [0.1, 0.15) is 21.6 Å². The van der Waals surface area contributed by atoms with E-state index in [0.717, 1.165) is 22.0 Å². The van der Waals surface area contributed by atoms with E-state index in [1.165, 1.54) is 0 Å². The molecule has 0 bridgehead atoms. The molecule has 0 aliphatic heterocycles. The predicted octanol–water partition coefficient (Wildman–Crippen LogP) is 3.08. The zero-order valence-corrected chi connectivity index (χ0v) is 10.5. The van der Waals surface area contributed by atoms with Gasteiger partial charge in [0.25, 0.3) is 5.91 Å². The van der Waals surface area contributed by atoms with Crippen molar-refractivity contribution in [1.29, 1.82) is 0 Å². The second-order valence-corrected chi connectivity index (χ2v) is 4.52. The number of H-pyrrole nitrogens is 1. The Morgan fingerprint density at radius 3 is 2.58 bits per heavy atom. The van der Waals surface area contributed by atoms with Crippen LogP contribution >= 0.6 is 0 Å². The number of amides is 1. The number of halogens is 3. The van der Waals surface area contributed by atoms with Gasteiger partial charge in [-0.05, 0) is 37.1 Å². The fourth-order valence-corrected chi connectivity index (χ4v) is 2.00. The lowest BCUT2D eigenvalue weighted by atomic mass is 10.1. The molecule has 1 heterocycles. The number of hydrogen-bond acceptors (Lipinski definition) is 1. The first kappa shape index (κ1) is 13.5. The molecule has 2 aromatic rings. The maximum absolute atomic E-state index is 12.0. The van der Waals surface area contributed by atoms with E-state index >= 15 is 0 Å². The van der Waals surface area contributed by atoms with E-state index in [-0.39, 0.29) is 5.69 Å². The third-order valence-corrected chi connectivity index (χ3v) is 2.78. The second-order valence-electron chi connectivity index (χ2n) is 4.52. The molecular formula is C13H13F3N2O. The topological polar surface area (TPSA) is 44.9 Å². The molecular weight excluding hydrogens is 257 g/mol. The number of hydrogen-bond donors (Lipinski definition) is 2. The summed E-state index contributed by atoms with van der Waals surface area (Å²) in [4.78, 5) is 14.4. The molecule has 19 heavy (non-hydrogen) atoms. The summed E-state index contributed by atoms with van der Waals surface area (Å²) in [6.07, 6.45) is -4.41. The van der Waals surface area contributed by atoms with Gasteiger partial charge in [0.05, 0.1) is 0 Å². The van der Waals surface area contributed by atoms with Crippen molar-refractivity contribution in [1.82, 2.24) is 10.3 Å². The first-order valence-corrected chi connectivity index (χ1v) is 5.71. The van der Waals surface area contributed by atoms with Crippen LogP contribution in [0.15, 0.2) is 18.2 Å². The normalized spacial score (nSPS) is 11.8. The lowest BCUT2D eigenvalue weighted by Crippen LogP contribution is -2.33. The van der Waals surface area contributed by atoms with Crippen LogP contribution in [0.25, 0.3) is 10.9 Å². The monoisotopic (exact) mass is 270 g/mol. The van der Waals surface area contributed by atoms with Gasteiger partial charge in [0.1, 0.15) is 12.2 Å². The first-order chi connectivity index (χ1) is 8.76. The minimum Gasteiger partial charge on any atom is -0.351 e. The second kappa shape index (κ2) is 4.60. The number of benzene rings is 1. The van der Waals surface area contributed by atoms with Crippen LogP contribution in [0.5, 0.6) is 0 Å². The van der Waals surface area contributed by atoms with Crippen molar-refractivity contribution in [2.24, 2.45) is 0 Å². The fourth-order valence-electron chi connectivity index (χ4n) is 2.00. The molecule has 0 atom stereocenters. The highest BCUT2D eigenvalue weighted by molar-refractivity contribution is 5.99. The van der Waals surface area contributed by atoms with E-state index < -0.39 is 18.6 Å². The van der Waals surface area contributed by atoms with E-state index in [1.54, 1.807) is 6.07 Å². The van der Waals surface area contributed by atoms with Gasteiger partial charge in [-0.1, -0.05) is 6.07 Å². The smallest absolute Gasteiger partial charge is 0.351 e. The third-order valence-electron chi connectivity index (χ3n) is 2.78. The summed E-state index contributed by atoms with van der Waals surface area (Å²) >= 11 is 0. The SMILES string of the molecule is Cc1cc(C)c2cc(C(=O)NCC(F)(F)F)[nH]c2c1. The highest BCUT2D eigenvalue weighted by Gasteiger charge is 2.28. The standard InChI is InChI=1S/C13H13F3N2O/c1-7-3-8(2)9-5-11(18-10(9)4-7)12(19)17-6-13(14,15)16/h3-5,18H,6H2,1-2H3,(H,17,19). The van der Waals surface area contributed by atoms with Gasteiger partial charge in [0, 0.05) is 10.9 Å². The lowest BCUT2D eigenvalue weighted by molar-refractivity contribution is -0.123. The summed E-state index contributed by atoms with van der Waals surface area (Å²) in [5.41, 5.74) is 2.87. The van der Waals surface area contributed by atoms with Crippen molar-refractivity contribution in [3.8, 4) is 0 Å².